The summed E-state index contributed by atoms with van der Waals surface area (Å²) in [5.74, 6) is -0.722. The summed E-state index contributed by atoms with van der Waals surface area (Å²) in [6.07, 6.45) is 1.41. The second kappa shape index (κ2) is 5.32. The van der Waals surface area contributed by atoms with Crippen molar-refractivity contribution in [2.75, 3.05) is 5.32 Å². The number of carboxylic acids is 1. The molecule has 0 radical (unpaired) electrons. The van der Waals surface area contributed by atoms with E-state index in [-0.39, 0.29) is 10.6 Å². The number of carboxylic acid groups (broad SMARTS) is 1. The second-order valence-electron chi connectivity index (χ2n) is 3.56. The van der Waals surface area contributed by atoms with E-state index in [9.17, 15) is 4.79 Å². The van der Waals surface area contributed by atoms with Crippen LogP contribution in [0.25, 0.3) is 0 Å². The first-order chi connectivity index (χ1) is 8.58. The molecule has 0 aliphatic carbocycles. The van der Waals surface area contributed by atoms with E-state index >= 15 is 0 Å². The van der Waals surface area contributed by atoms with Gasteiger partial charge in [0.25, 0.3) is 0 Å². The average Bonchev–Trinajstić information content (AvgIpc) is 2.73. The first-order valence-corrected chi connectivity index (χ1v) is 6.36. The number of carbonyl (C=O) groups is 1. The highest BCUT2D eigenvalue weighted by molar-refractivity contribution is 7.09. The summed E-state index contributed by atoms with van der Waals surface area (Å²) >= 11 is 7.48. The molecule has 7 heteroatoms. The quantitative estimate of drug-likeness (QED) is 0.902. The van der Waals surface area contributed by atoms with Gasteiger partial charge in [0.1, 0.15) is 10.8 Å². The highest BCUT2D eigenvalue weighted by atomic mass is 35.5. The molecule has 94 valence electrons. The number of nitrogens with one attached hydrogen (secondary N) is 1. The van der Waals surface area contributed by atoms with Crippen LogP contribution in [0.4, 0.5) is 5.82 Å². The molecule has 2 N–H and O–H groups in total. The van der Waals surface area contributed by atoms with Gasteiger partial charge in [0.05, 0.1) is 17.1 Å². The van der Waals surface area contributed by atoms with E-state index in [0.29, 0.717) is 12.4 Å². The third-order valence-corrected chi connectivity index (χ3v) is 3.54. The van der Waals surface area contributed by atoms with Crippen molar-refractivity contribution in [1.29, 1.82) is 0 Å². The number of hydrogen-bond acceptors (Lipinski definition) is 5. The maximum atomic E-state index is 10.9. The fourth-order valence-electron chi connectivity index (χ4n) is 1.38. The molecule has 0 saturated carbocycles. The van der Waals surface area contributed by atoms with E-state index in [2.05, 4.69) is 15.3 Å². The molecule has 0 unspecified atom stereocenters. The maximum Gasteiger partial charge on any atom is 0.337 e. The van der Waals surface area contributed by atoms with Gasteiger partial charge < -0.3 is 10.4 Å². The molecule has 0 aromatic carbocycles. The first-order valence-electron chi connectivity index (χ1n) is 5.10. The molecule has 0 aliphatic heterocycles. The Morgan fingerprint density at radius 1 is 1.61 bits per heavy atom. The Balaban J connectivity index is 2.14. The normalized spacial score (nSPS) is 10.3. The minimum atomic E-state index is -1.07. The van der Waals surface area contributed by atoms with E-state index in [1.54, 1.807) is 0 Å². The summed E-state index contributed by atoms with van der Waals surface area (Å²) in [7, 11) is 0. The number of pyridine rings is 1. The second-order valence-corrected chi connectivity index (χ2v) is 4.88. The zero-order chi connectivity index (χ0) is 13.1. The monoisotopic (exact) mass is 283 g/mol. The Bertz CT molecular complexity index is 585. The van der Waals surface area contributed by atoms with Crippen LogP contribution in [-0.2, 0) is 6.54 Å². The number of anilines is 1. The molecule has 2 aromatic rings. The predicted molar refractivity (Wildman–Crippen MR) is 70.4 cm³/mol. The number of thiazole rings is 1. The summed E-state index contributed by atoms with van der Waals surface area (Å²) in [6, 6.07) is 1.36. The fourth-order valence-corrected chi connectivity index (χ4v) is 2.35. The summed E-state index contributed by atoms with van der Waals surface area (Å²) in [4.78, 5) is 19.2. The van der Waals surface area contributed by atoms with E-state index in [1.165, 1.54) is 23.6 Å². The SMILES string of the molecule is Cc1csc(CNc2nccc(C(=O)O)c2Cl)n1. The summed E-state index contributed by atoms with van der Waals surface area (Å²) in [5.41, 5.74) is 0.986. The van der Waals surface area contributed by atoms with Crippen LogP contribution < -0.4 is 5.32 Å². The zero-order valence-electron chi connectivity index (χ0n) is 9.48. The smallest absolute Gasteiger partial charge is 0.337 e. The van der Waals surface area contributed by atoms with Crippen LogP contribution in [0.3, 0.4) is 0 Å². The maximum absolute atomic E-state index is 10.9. The number of nitrogens with zero attached hydrogens (tertiary/aromatic N) is 2. The molecule has 0 amide bonds. The van der Waals surface area contributed by atoms with Crippen molar-refractivity contribution in [2.24, 2.45) is 0 Å². The lowest BCUT2D eigenvalue weighted by Gasteiger charge is -2.07. The van der Waals surface area contributed by atoms with Gasteiger partial charge in [-0.3, -0.25) is 0 Å². The van der Waals surface area contributed by atoms with Crippen LogP contribution in [0.2, 0.25) is 5.02 Å². The number of rotatable bonds is 4. The molecule has 0 atom stereocenters. The lowest BCUT2D eigenvalue weighted by molar-refractivity contribution is 0.0697. The van der Waals surface area contributed by atoms with Crippen molar-refractivity contribution in [3.63, 3.8) is 0 Å². The third kappa shape index (κ3) is 2.77. The number of aromatic nitrogens is 2. The first kappa shape index (κ1) is 12.8. The van der Waals surface area contributed by atoms with Crippen molar-refractivity contribution in [3.05, 3.63) is 38.9 Å². The molecule has 0 aliphatic rings. The largest absolute Gasteiger partial charge is 0.478 e. The van der Waals surface area contributed by atoms with Crippen molar-refractivity contribution in [2.45, 2.75) is 13.5 Å². The van der Waals surface area contributed by atoms with Crippen LogP contribution in [0.5, 0.6) is 0 Å². The minimum absolute atomic E-state index is 0.0319. The molecular weight excluding hydrogens is 274 g/mol. The molecule has 0 fully saturated rings. The zero-order valence-corrected chi connectivity index (χ0v) is 11.0. The average molecular weight is 284 g/mol. The lowest BCUT2D eigenvalue weighted by Crippen LogP contribution is -2.05. The molecule has 2 rings (SSSR count). The summed E-state index contributed by atoms with van der Waals surface area (Å²) in [6.45, 7) is 2.38. The Morgan fingerprint density at radius 3 is 3.00 bits per heavy atom. The molecule has 2 aromatic heterocycles. The topological polar surface area (TPSA) is 75.1 Å². The lowest BCUT2D eigenvalue weighted by atomic mass is 10.2. The number of halogens is 1. The van der Waals surface area contributed by atoms with Crippen LogP contribution in [0, 0.1) is 6.92 Å². The van der Waals surface area contributed by atoms with Crippen LogP contribution in [-0.4, -0.2) is 21.0 Å². The van der Waals surface area contributed by atoms with Gasteiger partial charge in [0, 0.05) is 17.3 Å². The minimum Gasteiger partial charge on any atom is -0.478 e. The number of aromatic carboxylic acids is 1. The number of hydrogen-bond donors (Lipinski definition) is 2. The summed E-state index contributed by atoms with van der Waals surface area (Å²) < 4.78 is 0. The Labute approximate surface area is 112 Å². The molecule has 0 bridgehead atoms. The van der Waals surface area contributed by atoms with Gasteiger partial charge in [-0.15, -0.1) is 11.3 Å². The van der Waals surface area contributed by atoms with Crippen molar-refractivity contribution in [3.8, 4) is 0 Å². The van der Waals surface area contributed by atoms with Gasteiger partial charge in [0.15, 0.2) is 0 Å². The van der Waals surface area contributed by atoms with Crippen LogP contribution in [0.15, 0.2) is 17.6 Å². The van der Waals surface area contributed by atoms with Gasteiger partial charge in [-0.2, -0.15) is 0 Å². The molecule has 2 heterocycles. The summed E-state index contributed by atoms with van der Waals surface area (Å²) in [5, 5.41) is 14.9. The van der Waals surface area contributed by atoms with E-state index < -0.39 is 5.97 Å². The van der Waals surface area contributed by atoms with Gasteiger partial charge in [-0.1, -0.05) is 11.6 Å². The standard InChI is InChI=1S/C11H10ClN3O2S/c1-6-5-18-8(15-6)4-14-10-9(12)7(11(16)17)2-3-13-10/h2-3,5H,4H2,1H3,(H,13,14)(H,16,17). The van der Waals surface area contributed by atoms with Crippen molar-refractivity contribution < 1.29 is 9.90 Å². The predicted octanol–water partition coefficient (Wildman–Crippen LogP) is 2.81. The van der Waals surface area contributed by atoms with Gasteiger partial charge in [-0.25, -0.2) is 14.8 Å². The molecule has 18 heavy (non-hydrogen) atoms. The highest BCUT2D eigenvalue weighted by Crippen LogP contribution is 2.24. The molecule has 0 spiro atoms. The van der Waals surface area contributed by atoms with Crippen LogP contribution >= 0.6 is 22.9 Å². The Morgan fingerprint density at radius 2 is 2.39 bits per heavy atom. The van der Waals surface area contributed by atoms with Gasteiger partial charge in [-0.05, 0) is 13.0 Å². The van der Waals surface area contributed by atoms with Gasteiger partial charge in [0.2, 0.25) is 0 Å². The fraction of sp³-hybridized carbons (Fsp3) is 0.182. The Kier molecular flexibility index (Phi) is 3.78. The molecule has 0 saturated heterocycles. The van der Waals surface area contributed by atoms with Crippen molar-refractivity contribution >= 4 is 34.7 Å². The number of aryl methyl sites for hydroxylation is 1. The van der Waals surface area contributed by atoms with E-state index in [4.69, 9.17) is 16.7 Å². The molecule has 5 nitrogen and oxygen atoms in total. The van der Waals surface area contributed by atoms with E-state index in [1.807, 2.05) is 12.3 Å². The van der Waals surface area contributed by atoms with Crippen molar-refractivity contribution in [1.82, 2.24) is 9.97 Å². The highest BCUT2D eigenvalue weighted by Gasteiger charge is 2.13. The van der Waals surface area contributed by atoms with Gasteiger partial charge >= 0.3 is 5.97 Å². The Hall–Kier alpha value is -1.66. The van der Waals surface area contributed by atoms with E-state index in [0.717, 1.165) is 10.7 Å². The molecular formula is C11H10ClN3O2S. The van der Waals surface area contributed by atoms with Crippen LogP contribution in [0.1, 0.15) is 21.1 Å². The third-order valence-electron chi connectivity index (χ3n) is 2.19.